The van der Waals surface area contributed by atoms with Gasteiger partial charge in [0.2, 0.25) is 5.43 Å². The van der Waals surface area contributed by atoms with Crippen molar-refractivity contribution in [2.75, 3.05) is 24.8 Å². The van der Waals surface area contributed by atoms with Crippen LogP contribution in [0, 0.1) is 5.82 Å². The van der Waals surface area contributed by atoms with E-state index in [1.54, 1.807) is 23.1 Å². The number of aromatic nitrogens is 1. The molecule has 0 saturated heterocycles. The lowest BCUT2D eigenvalue weighted by molar-refractivity contribution is 0.0701. The van der Waals surface area contributed by atoms with Crippen LogP contribution in [0.25, 0.3) is 0 Å². The molecular weight excluding hydrogens is 449 g/mol. The van der Waals surface area contributed by atoms with Crippen LogP contribution in [-0.2, 0) is 0 Å². The highest BCUT2D eigenvalue weighted by Gasteiger charge is 2.39. The maximum atomic E-state index is 15.2. The molecule has 3 heterocycles. The van der Waals surface area contributed by atoms with Crippen molar-refractivity contribution in [3.05, 3.63) is 105 Å². The Morgan fingerprint density at radius 2 is 1.71 bits per heavy atom. The van der Waals surface area contributed by atoms with Crippen molar-refractivity contribution in [1.29, 1.82) is 0 Å². The summed E-state index contributed by atoms with van der Waals surface area (Å²) < 4.78 is 22.6. The predicted molar refractivity (Wildman–Crippen MR) is 128 cm³/mol. The Balaban J connectivity index is 1.66. The van der Waals surface area contributed by atoms with E-state index in [4.69, 9.17) is 4.74 Å². The van der Waals surface area contributed by atoms with Gasteiger partial charge in [-0.1, -0.05) is 42.5 Å². The van der Waals surface area contributed by atoms with E-state index >= 15 is 4.39 Å². The number of amides is 1. The summed E-state index contributed by atoms with van der Waals surface area (Å²) in [7, 11) is 0. The summed E-state index contributed by atoms with van der Waals surface area (Å²) in [5.74, 6) is -0.971. The molecule has 178 valence electrons. The number of fused-ring (bicyclic) bond motifs is 5. The fourth-order valence-electron chi connectivity index (χ4n) is 5.04. The molecule has 2 bridgehead atoms. The van der Waals surface area contributed by atoms with E-state index < -0.39 is 28.9 Å². The van der Waals surface area contributed by atoms with Crippen molar-refractivity contribution in [3.63, 3.8) is 0 Å². The van der Waals surface area contributed by atoms with E-state index in [2.05, 4.69) is 6.07 Å². The molecule has 1 aromatic heterocycles. The van der Waals surface area contributed by atoms with Gasteiger partial charge in [-0.2, -0.15) is 0 Å². The largest absolute Gasteiger partial charge is 0.502 e. The van der Waals surface area contributed by atoms with E-state index in [1.165, 1.54) is 23.0 Å². The predicted octanol–water partition coefficient (Wildman–Crippen LogP) is 3.66. The number of pyridine rings is 1. The number of nitrogens with zero attached hydrogens (tertiary/aromatic N) is 3. The summed E-state index contributed by atoms with van der Waals surface area (Å²) in [4.78, 5) is 27.2. The number of halogens is 1. The molecule has 1 N–H and O–H groups in total. The Morgan fingerprint density at radius 3 is 2.51 bits per heavy atom. The molecular formula is C27H24FN3O4. The smallest absolute Gasteiger partial charge is 0.278 e. The molecule has 1 fully saturated rings. The molecule has 35 heavy (non-hydrogen) atoms. The highest BCUT2D eigenvalue weighted by molar-refractivity contribution is 5.96. The van der Waals surface area contributed by atoms with Crippen LogP contribution in [0.2, 0.25) is 0 Å². The summed E-state index contributed by atoms with van der Waals surface area (Å²) in [6.07, 6.45) is 7.15. The third-order valence-electron chi connectivity index (χ3n) is 6.85. The Labute approximate surface area is 201 Å². The van der Waals surface area contributed by atoms with Crippen LogP contribution in [0.15, 0.2) is 71.7 Å². The van der Waals surface area contributed by atoms with E-state index in [0.717, 1.165) is 24.0 Å². The Kier molecular flexibility index (Phi) is 5.09. The highest BCUT2D eigenvalue weighted by atomic mass is 19.1. The normalized spacial score (nSPS) is 20.4. The number of para-hydroxylation sites is 1. The summed E-state index contributed by atoms with van der Waals surface area (Å²) in [5, 5.41) is 12.5. The van der Waals surface area contributed by atoms with Crippen molar-refractivity contribution in [2.45, 2.75) is 24.8 Å². The average Bonchev–Trinajstić information content (AvgIpc) is 3.70. The number of carbonyl (C=O) groups excluding carboxylic acids is 1. The minimum absolute atomic E-state index is 0.107. The van der Waals surface area contributed by atoms with Crippen LogP contribution in [0.5, 0.6) is 11.5 Å². The fourth-order valence-corrected chi connectivity index (χ4v) is 5.04. The topological polar surface area (TPSA) is 75.0 Å². The molecule has 1 aliphatic carbocycles. The molecule has 2 aromatic carbocycles. The molecule has 0 unspecified atom stereocenters. The summed E-state index contributed by atoms with van der Waals surface area (Å²) in [6.45, 7) is 0.554. The Morgan fingerprint density at radius 1 is 0.943 bits per heavy atom. The second-order valence-corrected chi connectivity index (χ2v) is 9.08. The van der Waals surface area contributed by atoms with E-state index in [1.807, 2.05) is 29.3 Å². The number of hydrogen-bond acceptors (Lipinski definition) is 5. The van der Waals surface area contributed by atoms with Gasteiger partial charge in [-0.05, 0) is 42.0 Å². The zero-order chi connectivity index (χ0) is 24.1. The second-order valence-electron chi connectivity index (χ2n) is 9.08. The van der Waals surface area contributed by atoms with Gasteiger partial charge in [0.05, 0.1) is 0 Å². The SMILES string of the molecule is O=C1c2c(O)c(=O)ccn2N2CN1C/C=C\COc1c(F)cccc1[C@@H]2c1ccccc1C1CC1. The zero-order valence-corrected chi connectivity index (χ0v) is 18.9. The molecule has 0 radical (unpaired) electrons. The van der Waals surface area contributed by atoms with Crippen molar-refractivity contribution in [2.24, 2.45) is 0 Å². The summed E-state index contributed by atoms with van der Waals surface area (Å²) >= 11 is 0. The molecule has 6 rings (SSSR count). The first kappa shape index (κ1) is 21.5. The van der Waals surface area contributed by atoms with Crippen molar-refractivity contribution in [3.8, 4) is 11.5 Å². The lowest BCUT2D eigenvalue weighted by atomic mass is 9.91. The van der Waals surface area contributed by atoms with Gasteiger partial charge < -0.3 is 14.7 Å². The van der Waals surface area contributed by atoms with Crippen molar-refractivity contribution < 1.29 is 19.0 Å². The van der Waals surface area contributed by atoms with Crippen molar-refractivity contribution >= 4 is 5.91 Å². The van der Waals surface area contributed by atoms with Crippen molar-refractivity contribution in [1.82, 2.24) is 9.58 Å². The number of rotatable bonds is 2. The number of hydrogen-bond donors (Lipinski definition) is 1. The van der Waals surface area contributed by atoms with Crippen LogP contribution in [0.3, 0.4) is 0 Å². The van der Waals surface area contributed by atoms with Gasteiger partial charge in [0, 0.05) is 24.4 Å². The lowest BCUT2D eigenvalue weighted by Gasteiger charge is -2.44. The third kappa shape index (κ3) is 3.56. The molecule has 3 aromatic rings. The highest BCUT2D eigenvalue weighted by Crippen LogP contribution is 2.46. The molecule has 1 saturated carbocycles. The van der Waals surface area contributed by atoms with E-state index in [0.29, 0.717) is 11.5 Å². The van der Waals surface area contributed by atoms with Gasteiger partial charge in [-0.25, -0.2) is 4.39 Å². The first-order chi connectivity index (χ1) is 17.0. The molecule has 1 atom stereocenters. The first-order valence-corrected chi connectivity index (χ1v) is 11.7. The van der Waals surface area contributed by atoms with Gasteiger partial charge in [0.25, 0.3) is 5.91 Å². The van der Waals surface area contributed by atoms with Gasteiger partial charge in [0.1, 0.15) is 19.3 Å². The number of ether oxygens (including phenoxy) is 1. The molecule has 7 nitrogen and oxygen atoms in total. The molecule has 3 aliphatic rings. The van der Waals surface area contributed by atoms with Gasteiger partial charge >= 0.3 is 0 Å². The second kappa shape index (κ2) is 8.30. The Hall–Kier alpha value is -4.07. The average molecular weight is 474 g/mol. The van der Waals surface area contributed by atoms with Gasteiger partial charge in [-0.3, -0.25) is 19.3 Å². The quantitative estimate of drug-likeness (QED) is 0.575. The van der Waals surface area contributed by atoms with Gasteiger partial charge in [-0.15, -0.1) is 0 Å². The van der Waals surface area contributed by atoms with E-state index in [9.17, 15) is 14.7 Å². The monoisotopic (exact) mass is 473 g/mol. The molecule has 2 aliphatic heterocycles. The number of aromatic hydroxyl groups is 1. The van der Waals surface area contributed by atoms with E-state index in [-0.39, 0.29) is 31.3 Å². The Bertz CT molecular complexity index is 1410. The molecule has 0 spiro atoms. The summed E-state index contributed by atoms with van der Waals surface area (Å²) in [6, 6.07) is 13.6. The lowest BCUT2D eigenvalue weighted by Crippen LogP contribution is -2.55. The first-order valence-electron chi connectivity index (χ1n) is 11.7. The third-order valence-corrected chi connectivity index (χ3v) is 6.85. The van der Waals surface area contributed by atoms with Crippen LogP contribution in [-0.4, -0.2) is 40.4 Å². The molecule has 8 heteroatoms. The van der Waals surface area contributed by atoms with Gasteiger partial charge in [0.15, 0.2) is 23.0 Å². The number of carbonyl (C=O) groups is 1. The minimum Gasteiger partial charge on any atom is -0.502 e. The fraction of sp³-hybridized carbons (Fsp3) is 0.259. The maximum Gasteiger partial charge on any atom is 0.278 e. The summed E-state index contributed by atoms with van der Waals surface area (Å²) in [5.41, 5.74) is 2.00. The molecule has 1 amide bonds. The van der Waals surface area contributed by atoms with Crippen LogP contribution >= 0.6 is 0 Å². The van der Waals surface area contributed by atoms with Crippen LogP contribution in [0.1, 0.15) is 52.0 Å². The maximum absolute atomic E-state index is 15.2. The number of benzene rings is 2. The van der Waals surface area contributed by atoms with Crippen LogP contribution in [0.4, 0.5) is 4.39 Å². The standard InChI is InChI=1S/C27H24FN3O4/c28-21-9-5-8-20-23(19-7-2-1-6-18(19)17-10-11-17)31-16-29(13-3-4-15-35-26(20)21)27(34)24-25(33)22(32)12-14-30(24)31/h1-9,12,14,17,23,33H,10-11,13,15-16H2/b4-3-/t23-/m0/s1. The van der Waals surface area contributed by atoms with Crippen LogP contribution < -0.4 is 15.2 Å². The zero-order valence-electron chi connectivity index (χ0n) is 18.9. The minimum atomic E-state index is -0.629.